The molecule has 1 aromatic rings. The molecule has 116 valence electrons. The predicted molar refractivity (Wildman–Crippen MR) is 92.4 cm³/mol. The topological polar surface area (TPSA) is 15.3 Å². The minimum atomic E-state index is 0.891. The van der Waals surface area contributed by atoms with Crippen LogP contribution in [0, 0.1) is 5.92 Å². The van der Waals surface area contributed by atoms with Crippen molar-refractivity contribution in [1.29, 1.82) is 0 Å². The van der Waals surface area contributed by atoms with Crippen molar-refractivity contribution in [1.82, 2.24) is 10.2 Å². The van der Waals surface area contributed by atoms with E-state index in [0.29, 0.717) is 0 Å². The molecule has 0 bridgehead atoms. The van der Waals surface area contributed by atoms with Crippen LogP contribution < -0.4 is 5.32 Å². The van der Waals surface area contributed by atoms with Gasteiger partial charge in [0.1, 0.15) is 0 Å². The van der Waals surface area contributed by atoms with Gasteiger partial charge in [0, 0.05) is 13.1 Å². The molecule has 1 atom stereocenters. The SMILES string of the molecule is C/C(=C\c1ccccc1)CNCCCN1CCCC(C)C1. The molecule has 1 fully saturated rings. The van der Waals surface area contributed by atoms with Gasteiger partial charge in [0.05, 0.1) is 0 Å². The average Bonchev–Trinajstić information content (AvgIpc) is 2.48. The second kappa shape index (κ2) is 9.01. The summed E-state index contributed by atoms with van der Waals surface area (Å²) >= 11 is 0. The normalized spacial score (nSPS) is 20.7. The van der Waals surface area contributed by atoms with Gasteiger partial charge in [0.2, 0.25) is 0 Å². The predicted octanol–water partition coefficient (Wildman–Crippen LogP) is 3.80. The van der Waals surface area contributed by atoms with E-state index in [1.54, 1.807) is 0 Å². The number of likely N-dealkylation sites (tertiary alicyclic amines) is 1. The Labute approximate surface area is 130 Å². The van der Waals surface area contributed by atoms with Crippen molar-refractivity contribution in [3.63, 3.8) is 0 Å². The van der Waals surface area contributed by atoms with Crippen LogP contribution in [0.15, 0.2) is 35.9 Å². The van der Waals surface area contributed by atoms with Gasteiger partial charge in [-0.05, 0) is 57.3 Å². The molecule has 1 aromatic carbocycles. The Morgan fingerprint density at radius 3 is 2.90 bits per heavy atom. The third-order valence-electron chi connectivity index (χ3n) is 4.19. The van der Waals surface area contributed by atoms with Crippen LogP contribution in [-0.4, -0.2) is 37.6 Å². The molecule has 1 aliphatic heterocycles. The molecule has 1 saturated heterocycles. The van der Waals surface area contributed by atoms with E-state index in [1.165, 1.54) is 50.0 Å². The standard InChI is InChI=1S/C19H30N2/c1-17-8-6-12-21(16-17)13-7-11-20-15-18(2)14-19-9-4-3-5-10-19/h3-5,9-10,14,17,20H,6-8,11-13,15-16H2,1-2H3/b18-14+. The van der Waals surface area contributed by atoms with Gasteiger partial charge in [0.25, 0.3) is 0 Å². The van der Waals surface area contributed by atoms with Gasteiger partial charge < -0.3 is 10.2 Å². The summed E-state index contributed by atoms with van der Waals surface area (Å²) in [6.07, 6.45) is 6.32. The Morgan fingerprint density at radius 1 is 1.33 bits per heavy atom. The summed E-state index contributed by atoms with van der Waals surface area (Å²) in [5.74, 6) is 0.891. The first-order valence-electron chi connectivity index (χ1n) is 8.39. The maximum absolute atomic E-state index is 3.56. The van der Waals surface area contributed by atoms with Crippen molar-refractivity contribution in [3.8, 4) is 0 Å². The van der Waals surface area contributed by atoms with Crippen LogP contribution in [0.2, 0.25) is 0 Å². The molecule has 1 unspecified atom stereocenters. The molecule has 0 radical (unpaired) electrons. The van der Waals surface area contributed by atoms with E-state index in [4.69, 9.17) is 0 Å². The highest BCUT2D eigenvalue weighted by molar-refractivity contribution is 5.52. The van der Waals surface area contributed by atoms with Crippen molar-refractivity contribution < 1.29 is 0 Å². The quantitative estimate of drug-likeness (QED) is 0.767. The number of rotatable bonds is 7. The smallest absolute Gasteiger partial charge is 0.0165 e. The molecule has 0 amide bonds. The van der Waals surface area contributed by atoms with Gasteiger partial charge in [-0.15, -0.1) is 0 Å². The summed E-state index contributed by atoms with van der Waals surface area (Å²) in [6, 6.07) is 10.5. The molecular formula is C19H30N2. The first-order chi connectivity index (χ1) is 10.2. The first kappa shape index (κ1) is 16.3. The average molecular weight is 286 g/mol. The van der Waals surface area contributed by atoms with Crippen LogP contribution in [0.1, 0.15) is 38.7 Å². The number of hydrogen-bond donors (Lipinski definition) is 1. The molecule has 0 spiro atoms. The molecule has 2 heteroatoms. The maximum atomic E-state index is 3.56. The fraction of sp³-hybridized carbons (Fsp3) is 0.579. The minimum Gasteiger partial charge on any atom is -0.313 e. The van der Waals surface area contributed by atoms with Crippen LogP contribution in [0.3, 0.4) is 0 Å². The van der Waals surface area contributed by atoms with Crippen LogP contribution in [0.4, 0.5) is 0 Å². The van der Waals surface area contributed by atoms with Crippen LogP contribution >= 0.6 is 0 Å². The van der Waals surface area contributed by atoms with Gasteiger partial charge in [-0.3, -0.25) is 0 Å². The molecule has 0 saturated carbocycles. The first-order valence-corrected chi connectivity index (χ1v) is 8.39. The van der Waals surface area contributed by atoms with Gasteiger partial charge in [-0.1, -0.05) is 48.9 Å². The molecule has 21 heavy (non-hydrogen) atoms. The number of piperidine rings is 1. The molecule has 0 aromatic heterocycles. The highest BCUT2D eigenvalue weighted by atomic mass is 15.1. The lowest BCUT2D eigenvalue weighted by molar-refractivity contribution is 0.182. The Kier molecular flexibility index (Phi) is 6.98. The number of hydrogen-bond acceptors (Lipinski definition) is 2. The monoisotopic (exact) mass is 286 g/mol. The second-order valence-corrected chi connectivity index (χ2v) is 6.48. The Balaban J connectivity index is 1.58. The summed E-state index contributed by atoms with van der Waals surface area (Å²) in [4.78, 5) is 2.63. The van der Waals surface area contributed by atoms with E-state index >= 15 is 0 Å². The van der Waals surface area contributed by atoms with Gasteiger partial charge in [-0.2, -0.15) is 0 Å². The fourth-order valence-electron chi connectivity index (χ4n) is 3.09. The lowest BCUT2D eigenvalue weighted by Gasteiger charge is -2.30. The molecule has 2 nitrogen and oxygen atoms in total. The van der Waals surface area contributed by atoms with E-state index in [1.807, 2.05) is 0 Å². The highest BCUT2D eigenvalue weighted by Crippen LogP contribution is 2.15. The summed E-state index contributed by atoms with van der Waals surface area (Å²) in [5, 5.41) is 3.56. The molecule has 0 aliphatic carbocycles. The molecule has 1 N–H and O–H groups in total. The Bertz CT molecular complexity index is 424. The van der Waals surface area contributed by atoms with Crippen LogP contribution in [-0.2, 0) is 0 Å². The Hall–Kier alpha value is -1.12. The lowest BCUT2D eigenvalue weighted by atomic mass is 10.0. The lowest BCUT2D eigenvalue weighted by Crippen LogP contribution is -2.36. The van der Waals surface area contributed by atoms with Gasteiger partial charge in [0.15, 0.2) is 0 Å². The highest BCUT2D eigenvalue weighted by Gasteiger charge is 2.14. The van der Waals surface area contributed by atoms with Crippen LogP contribution in [0.25, 0.3) is 6.08 Å². The van der Waals surface area contributed by atoms with E-state index in [-0.39, 0.29) is 0 Å². The zero-order valence-electron chi connectivity index (χ0n) is 13.6. The second-order valence-electron chi connectivity index (χ2n) is 6.48. The number of benzene rings is 1. The van der Waals surface area contributed by atoms with Gasteiger partial charge in [-0.25, -0.2) is 0 Å². The zero-order chi connectivity index (χ0) is 14.9. The maximum Gasteiger partial charge on any atom is 0.0165 e. The third kappa shape index (κ3) is 6.45. The summed E-state index contributed by atoms with van der Waals surface area (Å²) in [6.45, 7) is 10.5. The van der Waals surface area contributed by atoms with Gasteiger partial charge >= 0.3 is 0 Å². The van der Waals surface area contributed by atoms with Crippen molar-refractivity contribution in [2.75, 3.05) is 32.7 Å². The molecule has 1 heterocycles. The van der Waals surface area contributed by atoms with Crippen LogP contribution in [0.5, 0.6) is 0 Å². The van der Waals surface area contributed by atoms with Crippen molar-refractivity contribution in [3.05, 3.63) is 41.5 Å². The van der Waals surface area contributed by atoms with Crippen molar-refractivity contribution in [2.45, 2.75) is 33.1 Å². The molecular weight excluding hydrogens is 256 g/mol. The number of nitrogens with zero attached hydrogens (tertiary/aromatic N) is 1. The fourth-order valence-corrected chi connectivity index (χ4v) is 3.09. The number of nitrogens with one attached hydrogen (secondary N) is 1. The summed E-state index contributed by atoms with van der Waals surface area (Å²) in [5.41, 5.74) is 2.69. The summed E-state index contributed by atoms with van der Waals surface area (Å²) < 4.78 is 0. The third-order valence-corrected chi connectivity index (χ3v) is 4.19. The minimum absolute atomic E-state index is 0.891. The van der Waals surface area contributed by atoms with Crippen molar-refractivity contribution in [2.24, 2.45) is 5.92 Å². The van der Waals surface area contributed by atoms with E-state index in [0.717, 1.165) is 19.0 Å². The molecule has 1 aliphatic rings. The molecule has 2 rings (SSSR count). The zero-order valence-corrected chi connectivity index (χ0v) is 13.6. The summed E-state index contributed by atoms with van der Waals surface area (Å²) in [7, 11) is 0. The Morgan fingerprint density at radius 2 is 2.14 bits per heavy atom. The van der Waals surface area contributed by atoms with Crippen molar-refractivity contribution >= 4 is 6.08 Å². The largest absolute Gasteiger partial charge is 0.313 e. The van der Waals surface area contributed by atoms with E-state index < -0.39 is 0 Å². The van der Waals surface area contributed by atoms with E-state index in [2.05, 4.69) is 60.5 Å². The van der Waals surface area contributed by atoms with E-state index in [9.17, 15) is 0 Å².